The predicted molar refractivity (Wildman–Crippen MR) is 144 cm³/mol. The van der Waals surface area contributed by atoms with Gasteiger partial charge in [0.05, 0.1) is 17.6 Å². The van der Waals surface area contributed by atoms with E-state index in [0.29, 0.717) is 19.5 Å². The van der Waals surface area contributed by atoms with Crippen molar-refractivity contribution in [2.45, 2.75) is 58.7 Å². The van der Waals surface area contributed by atoms with Gasteiger partial charge in [-0.1, -0.05) is 25.7 Å². The minimum atomic E-state index is -1.42. The summed E-state index contributed by atoms with van der Waals surface area (Å²) in [4.78, 5) is 54.2. The van der Waals surface area contributed by atoms with Crippen molar-refractivity contribution < 1.29 is 38.5 Å². The Morgan fingerprint density at radius 1 is 1.21 bits per heavy atom. The molecule has 3 rings (SSSR count). The second-order valence-corrected chi connectivity index (χ2v) is 10.9. The number of carbonyl (C=O) groups excluding carboxylic acids is 4. The maximum Gasteiger partial charge on any atom is 0.340 e. The lowest BCUT2D eigenvalue weighted by atomic mass is 9.62. The smallest absolute Gasteiger partial charge is 0.340 e. The van der Waals surface area contributed by atoms with Crippen LogP contribution < -0.4 is 0 Å². The second-order valence-electron chi connectivity index (χ2n) is 10.9. The standard InChI is InChI=1S/C30H39NO8/c1-8-12-31(13-9-2)16-21-26-27(35)22(33)14-20-10-11-24(34)29(20,5)15-23(38-19(4)32)18(3)30(26,6)25(17-37-7)39-28(21)36/h8-9,16,20,23,25,35H,1-3,10-15,17H2,4-7H3/b21-16+,27-26+/t20-,23+,25+,29-,30-/m0/s1. The fraction of sp³-hybridized carbons (Fsp3) is 0.533. The maximum absolute atomic E-state index is 13.6. The van der Waals surface area contributed by atoms with Crippen LogP contribution >= 0.6 is 0 Å². The number of fused-ring (bicyclic) bond motifs is 2. The Balaban J connectivity index is 2.36. The number of nitrogens with zero attached hydrogens (tertiary/aromatic N) is 1. The van der Waals surface area contributed by atoms with Crippen LogP contribution in [-0.4, -0.2) is 72.5 Å². The van der Waals surface area contributed by atoms with Crippen LogP contribution in [0.15, 0.2) is 60.6 Å². The van der Waals surface area contributed by atoms with Gasteiger partial charge in [-0.15, -0.1) is 13.2 Å². The van der Waals surface area contributed by atoms with Gasteiger partial charge in [0.2, 0.25) is 0 Å². The molecule has 0 aromatic heterocycles. The Kier molecular flexibility index (Phi) is 9.05. The summed E-state index contributed by atoms with van der Waals surface area (Å²) >= 11 is 0. The number of methoxy groups -OCH3 is 1. The van der Waals surface area contributed by atoms with E-state index in [1.807, 2.05) is 0 Å². The molecule has 0 unspecified atom stereocenters. The molecule has 0 radical (unpaired) electrons. The third kappa shape index (κ3) is 5.50. The number of hydrogen-bond acceptors (Lipinski definition) is 9. The van der Waals surface area contributed by atoms with Gasteiger partial charge in [0.25, 0.3) is 0 Å². The largest absolute Gasteiger partial charge is 0.504 e. The van der Waals surface area contributed by atoms with E-state index in [9.17, 15) is 24.3 Å². The summed E-state index contributed by atoms with van der Waals surface area (Å²) in [7, 11) is 1.43. The predicted octanol–water partition coefficient (Wildman–Crippen LogP) is 3.77. The van der Waals surface area contributed by atoms with Crippen molar-refractivity contribution in [3.8, 4) is 0 Å². The van der Waals surface area contributed by atoms with Gasteiger partial charge < -0.3 is 24.2 Å². The molecule has 212 valence electrons. The van der Waals surface area contributed by atoms with E-state index in [4.69, 9.17) is 14.2 Å². The zero-order valence-electron chi connectivity index (χ0n) is 23.3. The lowest BCUT2D eigenvalue weighted by Crippen LogP contribution is -2.52. The van der Waals surface area contributed by atoms with Gasteiger partial charge >= 0.3 is 11.9 Å². The molecule has 9 heteroatoms. The minimum absolute atomic E-state index is 0.0269. The first-order valence-electron chi connectivity index (χ1n) is 13.1. The molecule has 0 aromatic carbocycles. The van der Waals surface area contributed by atoms with E-state index < -0.39 is 46.5 Å². The summed E-state index contributed by atoms with van der Waals surface area (Å²) in [6.07, 6.45) is 3.55. The fourth-order valence-electron chi connectivity index (χ4n) is 6.12. The monoisotopic (exact) mass is 541 g/mol. The van der Waals surface area contributed by atoms with Gasteiger partial charge in [0, 0.05) is 63.6 Å². The van der Waals surface area contributed by atoms with Crippen LogP contribution in [-0.2, 0) is 33.4 Å². The van der Waals surface area contributed by atoms with Crippen molar-refractivity contribution in [3.05, 3.63) is 60.6 Å². The van der Waals surface area contributed by atoms with Crippen molar-refractivity contribution in [2.24, 2.45) is 16.7 Å². The van der Waals surface area contributed by atoms with Gasteiger partial charge in [0.15, 0.2) is 11.5 Å². The van der Waals surface area contributed by atoms with Crippen LogP contribution in [0.2, 0.25) is 0 Å². The molecule has 0 amide bonds. The number of Topliss-reactive ketones (excluding diaryl/α,β-unsaturated/α-hetero) is 2. The number of ketones is 2. The van der Waals surface area contributed by atoms with Crippen molar-refractivity contribution in [1.29, 1.82) is 0 Å². The third-order valence-electron chi connectivity index (χ3n) is 8.42. The maximum atomic E-state index is 13.6. The van der Waals surface area contributed by atoms with Gasteiger partial charge in [-0.3, -0.25) is 14.4 Å². The first-order valence-corrected chi connectivity index (χ1v) is 13.1. The van der Waals surface area contributed by atoms with Crippen LogP contribution in [0.4, 0.5) is 0 Å². The molecule has 3 aliphatic rings. The molecule has 1 saturated heterocycles. The number of aliphatic hydroxyl groups excluding tert-OH is 1. The molecule has 0 bridgehead atoms. The van der Waals surface area contributed by atoms with Gasteiger partial charge in [-0.25, -0.2) is 4.79 Å². The SMILES string of the molecule is C=CCN(/C=C1C(=O)O[C@H](COC)[C@]2(C)C(=C)[C@H](OC(C)=O)C[C@]3(C)C(=O)CC[C@H]3CC(=O)/C(O)=C/12)CC=C. The Morgan fingerprint density at radius 2 is 1.85 bits per heavy atom. The summed E-state index contributed by atoms with van der Waals surface area (Å²) in [6, 6.07) is 0. The number of carbonyl (C=O) groups is 4. The summed E-state index contributed by atoms with van der Waals surface area (Å²) in [6.45, 7) is 17.1. The van der Waals surface area contributed by atoms with E-state index in [0.717, 1.165) is 0 Å². The molecular formula is C30H39NO8. The molecule has 2 aliphatic carbocycles. The molecule has 1 aliphatic heterocycles. The molecule has 5 atom stereocenters. The van der Waals surface area contributed by atoms with E-state index in [2.05, 4.69) is 19.7 Å². The Bertz CT molecular complexity index is 1140. The average Bonchev–Trinajstić information content (AvgIpc) is 3.13. The van der Waals surface area contributed by atoms with Gasteiger partial charge in [-0.05, 0) is 24.8 Å². The zero-order valence-corrected chi connectivity index (χ0v) is 23.3. The Morgan fingerprint density at radius 3 is 2.41 bits per heavy atom. The average molecular weight is 542 g/mol. The second kappa shape index (κ2) is 11.7. The summed E-state index contributed by atoms with van der Waals surface area (Å²) in [5, 5.41) is 11.6. The molecule has 1 saturated carbocycles. The molecule has 2 fully saturated rings. The highest BCUT2D eigenvalue weighted by atomic mass is 16.6. The Labute approximate surface area is 229 Å². The molecule has 0 aromatic rings. The number of aliphatic hydroxyl groups is 1. The van der Waals surface area contributed by atoms with Crippen LogP contribution in [0, 0.1) is 16.7 Å². The highest BCUT2D eigenvalue weighted by Gasteiger charge is 2.57. The summed E-state index contributed by atoms with van der Waals surface area (Å²) in [5.74, 6) is -2.94. The lowest BCUT2D eigenvalue weighted by Gasteiger charge is -2.48. The van der Waals surface area contributed by atoms with Gasteiger partial charge in [0.1, 0.15) is 18.0 Å². The number of ether oxygens (including phenoxy) is 3. The van der Waals surface area contributed by atoms with Crippen LogP contribution in [0.1, 0.15) is 46.5 Å². The van der Waals surface area contributed by atoms with E-state index in [1.165, 1.54) is 20.2 Å². The van der Waals surface area contributed by atoms with Crippen molar-refractivity contribution >= 4 is 23.5 Å². The summed E-state index contributed by atoms with van der Waals surface area (Å²) < 4.78 is 17.0. The van der Waals surface area contributed by atoms with E-state index >= 15 is 0 Å². The number of cyclic esters (lactones) is 1. The molecule has 0 spiro atoms. The highest BCUT2D eigenvalue weighted by molar-refractivity contribution is 6.02. The fourth-order valence-corrected chi connectivity index (χ4v) is 6.12. The molecule has 39 heavy (non-hydrogen) atoms. The highest BCUT2D eigenvalue weighted by Crippen LogP contribution is 2.54. The van der Waals surface area contributed by atoms with Crippen molar-refractivity contribution in [2.75, 3.05) is 26.8 Å². The number of hydrogen-bond donors (Lipinski definition) is 1. The topological polar surface area (TPSA) is 119 Å². The zero-order chi connectivity index (χ0) is 29.1. The van der Waals surface area contributed by atoms with Crippen LogP contribution in [0.25, 0.3) is 0 Å². The lowest BCUT2D eigenvalue weighted by molar-refractivity contribution is -0.159. The number of esters is 2. The molecule has 9 nitrogen and oxygen atoms in total. The van der Waals surface area contributed by atoms with E-state index in [-0.39, 0.29) is 54.3 Å². The van der Waals surface area contributed by atoms with Crippen LogP contribution in [0.5, 0.6) is 0 Å². The van der Waals surface area contributed by atoms with Crippen molar-refractivity contribution in [3.63, 3.8) is 0 Å². The number of allylic oxidation sites excluding steroid dienone is 1. The molecule has 1 heterocycles. The quantitative estimate of drug-likeness (QED) is 0.278. The van der Waals surface area contributed by atoms with Crippen LogP contribution in [0.3, 0.4) is 0 Å². The summed E-state index contributed by atoms with van der Waals surface area (Å²) in [5.41, 5.74) is -2.12. The van der Waals surface area contributed by atoms with Crippen molar-refractivity contribution in [1.82, 2.24) is 4.90 Å². The third-order valence-corrected chi connectivity index (χ3v) is 8.42. The first-order chi connectivity index (χ1) is 18.3. The van der Waals surface area contributed by atoms with E-state index in [1.54, 1.807) is 30.9 Å². The minimum Gasteiger partial charge on any atom is -0.504 e. The first kappa shape index (κ1) is 30.1. The van der Waals surface area contributed by atoms with Gasteiger partial charge in [-0.2, -0.15) is 0 Å². The molecular weight excluding hydrogens is 502 g/mol. The normalized spacial score (nSPS) is 34.2. The molecule has 1 N–H and O–H groups in total. The number of rotatable bonds is 8. The Hall–Kier alpha value is -3.46.